The summed E-state index contributed by atoms with van der Waals surface area (Å²) in [5, 5.41) is 1.29. The minimum atomic E-state index is -0.465. The second-order valence-electron chi connectivity index (χ2n) is 5.94. The van der Waals surface area contributed by atoms with Crippen LogP contribution in [0.2, 0.25) is 5.02 Å². The Kier molecular flexibility index (Phi) is 5.57. The molecule has 0 fully saturated rings. The monoisotopic (exact) mass is 469 g/mol. The van der Waals surface area contributed by atoms with Crippen molar-refractivity contribution >= 4 is 66.8 Å². The van der Waals surface area contributed by atoms with Gasteiger partial charge in [0.25, 0.3) is 0 Å². The van der Waals surface area contributed by atoms with Gasteiger partial charge >= 0.3 is 5.97 Å². The largest absolute Gasteiger partial charge is 0.422 e. The zero-order valence-corrected chi connectivity index (χ0v) is 17.6. The minimum absolute atomic E-state index is 0.399. The van der Waals surface area contributed by atoms with Crippen LogP contribution in [0.3, 0.4) is 0 Å². The van der Waals surface area contributed by atoms with Crippen molar-refractivity contribution < 1.29 is 9.53 Å². The normalized spacial score (nSPS) is 11.2. The van der Waals surface area contributed by atoms with Crippen molar-refractivity contribution in [2.24, 2.45) is 4.99 Å². The van der Waals surface area contributed by atoms with Crippen LogP contribution in [0.4, 0.5) is 5.69 Å². The minimum Gasteiger partial charge on any atom is -0.422 e. The standard InChI is InChI=1S/C22H13BrClNO2S/c23-15-6-4-7-16(12-15)25-13-14-5-3-8-17(11-14)27-22(26)21-20(24)18-9-1-2-10-19(18)28-21/h1-13H. The summed E-state index contributed by atoms with van der Waals surface area (Å²) in [7, 11) is 0. The molecule has 0 aliphatic heterocycles. The van der Waals surface area contributed by atoms with Crippen LogP contribution < -0.4 is 4.74 Å². The maximum atomic E-state index is 12.6. The first-order valence-electron chi connectivity index (χ1n) is 8.39. The molecule has 0 unspecified atom stereocenters. The summed E-state index contributed by atoms with van der Waals surface area (Å²) < 4.78 is 7.46. The summed E-state index contributed by atoms with van der Waals surface area (Å²) in [6.07, 6.45) is 1.73. The SMILES string of the molecule is O=C(Oc1cccc(C=Nc2cccc(Br)c2)c1)c1sc2ccccc2c1Cl. The van der Waals surface area contributed by atoms with Crippen LogP contribution in [0.25, 0.3) is 10.1 Å². The summed E-state index contributed by atoms with van der Waals surface area (Å²) in [6.45, 7) is 0. The van der Waals surface area contributed by atoms with E-state index in [1.54, 1.807) is 18.3 Å². The van der Waals surface area contributed by atoms with Crippen molar-refractivity contribution in [1.82, 2.24) is 0 Å². The van der Waals surface area contributed by atoms with Gasteiger partial charge in [0.2, 0.25) is 0 Å². The van der Waals surface area contributed by atoms with E-state index in [0.717, 1.165) is 25.8 Å². The van der Waals surface area contributed by atoms with Crippen LogP contribution in [0, 0.1) is 0 Å². The molecule has 0 bridgehead atoms. The number of esters is 1. The molecule has 4 aromatic rings. The smallest absolute Gasteiger partial charge is 0.355 e. The average Bonchev–Trinajstić information content (AvgIpc) is 3.04. The van der Waals surface area contributed by atoms with Crippen molar-refractivity contribution in [3.8, 4) is 5.75 Å². The van der Waals surface area contributed by atoms with Gasteiger partial charge in [-0.15, -0.1) is 11.3 Å². The fourth-order valence-corrected chi connectivity index (χ4v) is 4.43. The highest BCUT2D eigenvalue weighted by atomic mass is 79.9. The number of benzene rings is 3. The van der Waals surface area contributed by atoms with E-state index in [2.05, 4.69) is 20.9 Å². The molecule has 0 saturated heterocycles. The Morgan fingerprint density at radius 1 is 1.04 bits per heavy atom. The van der Waals surface area contributed by atoms with Gasteiger partial charge in [0, 0.05) is 20.8 Å². The highest BCUT2D eigenvalue weighted by molar-refractivity contribution is 9.10. The zero-order chi connectivity index (χ0) is 19.5. The molecule has 3 aromatic carbocycles. The van der Waals surface area contributed by atoms with Gasteiger partial charge in [-0.3, -0.25) is 4.99 Å². The van der Waals surface area contributed by atoms with E-state index in [0.29, 0.717) is 15.6 Å². The molecule has 0 amide bonds. The van der Waals surface area contributed by atoms with Crippen molar-refractivity contribution in [3.63, 3.8) is 0 Å². The van der Waals surface area contributed by atoms with Gasteiger partial charge < -0.3 is 4.74 Å². The zero-order valence-electron chi connectivity index (χ0n) is 14.4. The van der Waals surface area contributed by atoms with E-state index in [1.807, 2.05) is 60.7 Å². The Hall–Kier alpha value is -2.47. The maximum absolute atomic E-state index is 12.6. The number of rotatable bonds is 4. The number of ether oxygens (including phenoxy) is 1. The number of carbonyl (C=O) groups is 1. The first-order chi connectivity index (χ1) is 13.6. The van der Waals surface area contributed by atoms with Gasteiger partial charge in [0.05, 0.1) is 10.7 Å². The summed E-state index contributed by atoms with van der Waals surface area (Å²) in [4.78, 5) is 17.4. The number of carbonyl (C=O) groups excluding carboxylic acids is 1. The molecule has 0 spiro atoms. The van der Waals surface area contributed by atoms with E-state index in [-0.39, 0.29) is 0 Å². The molecular weight excluding hydrogens is 458 g/mol. The fraction of sp³-hybridized carbons (Fsp3) is 0. The molecule has 1 aromatic heterocycles. The molecule has 28 heavy (non-hydrogen) atoms. The van der Waals surface area contributed by atoms with Crippen LogP contribution in [-0.2, 0) is 0 Å². The van der Waals surface area contributed by atoms with Gasteiger partial charge in [-0.05, 0) is 42.0 Å². The topological polar surface area (TPSA) is 38.7 Å². The molecule has 4 rings (SSSR count). The Labute approximate surface area is 179 Å². The molecular formula is C22H13BrClNO2S. The lowest BCUT2D eigenvalue weighted by Gasteiger charge is -2.04. The molecule has 0 atom stereocenters. The molecule has 0 aliphatic rings. The number of hydrogen-bond acceptors (Lipinski definition) is 4. The Bertz CT molecular complexity index is 1200. The lowest BCUT2D eigenvalue weighted by molar-refractivity contribution is 0.0740. The quantitative estimate of drug-likeness (QED) is 0.178. The molecule has 0 radical (unpaired) electrons. The summed E-state index contributed by atoms with van der Waals surface area (Å²) in [5.41, 5.74) is 1.65. The lowest BCUT2D eigenvalue weighted by atomic mass is 10.2. The number of halogens is 2. The molecule has 3 nitrogen and oxygen atoms in total. The van der Waals surface area contributed by atoms with Crippen molar-refractivity contribution in [2.75, 3.05) is 0 Å². The summed E-state index contributed by atoms with van der Waals surface area (Å²) in [5.74, 6) is -0.0241. The van der Waals surface area contributed by atoms with E-state index < -0.39 is 5.97 Å². The van der Waals surface area contributed by atoms with Crippen LogP contribution in [0.15, 0.2) is 82.3 Å². The van der Waals surface area contributed by atoms with Crippen LogP contribution in [0.1, 0.15) is 15.2 Å². The van der Waals surface area contributed by atoms with E-state index in [9.17, 15) is 4.79 Å². The number of fused-ring (bicyclic) bond motifs is 1. The van der Waals surface area contributed by atoms with E-state index in [4.69, 9.17) is 16.3 Å². The highest BCUT2D eigenvalue weighted by Gasteiger charge is 2.18. The van der Waals surface area contributed by atoms with Crippen molar-refractivity contribution in [2.45, 2.75) is 0 Å². The third kappa shape index (κ3) is 4.17. The van der Waals surface area contributed by atoms with Gasteiger partial charge in [-0.1, -0.05) is 63.9 Å². The van der Waals surface area contributed by atoms with Crippen molar-refractivity contribution in [1.29, 1.82) is 0 Å². The Balaban J connectivity index is 1.54. The molecule has 0 saturated carbocycles. The Morgan fingerprint density at radius 2 is 1.86 bits per heavy atom. The molecule has 6 heteroatoms. The molecule has 0 N–H and O–H groups in total. The van der Waals surface area contributed by atoms with Crippen LogP contribution in [0.5, 0.6) is 5.75 Å². The predicted molar refractivity (Wildman–Crippen MR) is 120 cm³/mol. The second kappa shape index (κ2) is 8.27. The highest BCUT2D eigenvalue weighted by Crippen LogP contribution is 2.35. The first kappa shape index (κ1) is 18.9. The maximum Gasteiger partial charge on any atom is 0.355 e. The predicted octanol–water partition coefficient (Wildman–Crippen LogP) is 7.29. The number of hydrogen-bond donors (Lipinski definition) is 0. The summed E-state index contributed by atoms with van der Waals surface area (Å²) >= 11 is 11.1. The molecule has 0 aliphatic carbocycles. The number of nitrogens with zero attached hydrogens (tertiary/aromatic N) is 1. The molecule has 138 valence electrons. The lowest BCUT2D eigenvalue weighted by Crippen LogP contribution is -2.07. The number of thiophene rings is 1. The third-order valence-electron chi connectivity index (χ3n) is 3.96. The average molecular weight is 471 g/mol. The number of aliphatic imine (C=N–C) groups is 1. The molecule has 1 heterocycles. The second-order valence-corrected chi connectivity index (χ2v) is 8.29. The first-order valence-corrected chi connectivity index (χ1v) is 10.4. The van der Waals surface area contributed by atoms with Crippen LogP contribution in [-0.4, -0.2) is 12.2 Å². The van der Waals surface area contributed by atoms with Gasteiger partial charge in [-0.2, -0.15) is 0 Å². The Morgan fingerprint density at radius 3 is 2.68 bits per heavy atom. The third-order valence-corrected chi connectivity index (χ3v) is 6.11. The van der Waals surface area contributed by atoms with Gasteiger partial charge in [-0.25, -0.2) is 4.79 Å². The van der Waals surface area contributed by atoms with E-state index in [1.165, 1.54) is 11.3 Å². The van der Waals surface area contributed by atoms with Gasteiger partial charge in [0.1, 0.15) is 10.6 Å². The summed E-state index contributed by atoms with van der Waals surface area (Å²) in [6, 6.07) is 22.5. The van der Waals surface area contributed by atoms with Crippen molar-refractivity contribution in [3.05, 3.63) is 92.7 Å². The van der Waals surface area contributed by atoms with Gasteiger partial charge in [0.15, 0.2) is 0 Å². The van der Waals surface area contributed by atoms with Crippen LogP contribution >= 0.6 is 38.9 Å². The van der Waals surface area contributed by atoms with E-state index >= 15 is 0 Å². The fourth-order valence-electron chi connectivity index (χ4n) is 2.66.